The Morgan fingerprint density at radius 2 is 1.59 bits per heavy atom. The SMILES string of the molecule is CC(C)C[C@H](NC(=O)C(F)(F)F)C(=O)N[C@@H](C)C(=O)NCC(=O)NCC#N. The molecule has 0 radical (unpaired) electrons. The fourth-order valence-corrected chi connectivity index (χ4v) is 1.84. The fraction of sp³-hybridized carbons (Fsp3) is 0.667. The third kappa shape index (κ3) is 10.0. The van der Waals surface area contributed by atoms with Crippen molar-refractivity contribution in [1.29, 1.82) is 5.26 Å². The first kappa shape index (κ1) is 24.2. The smallest absolute Gasteiger partial charge is 0.345 e. The van der Waals surface area contributed by atoms with Crippen molar-refractivity contribution in [3.8, 4) is 6.07 Å². The van der Waals surface area contributed by atoms with Crippen molar-refractivity contribution in [1.82, 2.24) is 21.3 Å². The third-order valence-corrected chi connectivity index (χ3v) is 3.13. The summed E-state index contributed by atoms with van der Waals surface area (Å²) in [5, 5.41) is 16.5. The Hall–Kier alpha value is -2.84. The van der Waals surface area contributed by atoms with Crippen LogP contribution >= 0.6 is 0 Å². The van der Waals surface area contributed by atoms with E-state index in [0.29, 0.717) is 0 Å². The molecule has 0 aliphatic carbocycles. The lowest BCUT2D eigenvalue weighted by Crippen LogP contribution is -2.55. The minimum absolute atomic E-state index is 0.0709. The van der Waals surface area contributed by atoms with Crippen LogP contribution in [0.1, 0.15) is 27.2 Å². The molecule has 0 spiro atoms. The van der Waals surface area contributed by atoms with E-state index in [1.54, 1.807) is 25.2 Å². The van der Waals surface area contributed by atoms with Gasteiger partial charge in [0.1, 0.15) is 18.6 Å². The monoisotopic (exact) mass is 393 g/mol. The topological polar surface area (TPSA) is 140 Å². The molecule has 0 saturated carbocycles. The number of carbonyl (C=O) groups excluding carboxylic acids is 4. The van der Waals surface area contributed by atoms with Crippen molar-refractivity contribution in [3.63, 3.8) is 0 Å². The molecule has 0 unspecified atom stereocenters. The molecule has 4 N–H and O–H groups in total. The molecule has 9 nitrogen and oxygen atoms in total. The summed E-state index contributed by atoms with van der Waals surface area (Å²) in [6, 6.07) is -0.973. The average Bonchev–Trinajstić information content (AvgIpc) is 2.55. The van der Waals surface area contributed by atoms with Gasteiger partial charge in [-0.3, -0.25) is 19.2 Å². The minimum atomic E-state index is -5.14. The van der Waals surface area contributed by atoms with Crippen LogP contribution in [0, 0.1) is 17.2 Å². The molecule has 0 rings (SSSR count). The van der Waals surface area contributed by atoms with Gasteiger partial charge in [0.2, 0.25) is 17.7 Å². The molecule has 27 heavy (non-hydrogen) atoms. The summed E-state index contributed by atoms with van der Waals surface area (Å²) in [4.78, 5) is 46.4. The van der Waals surface area contributed by atoms with Crippen LogP contribution in [-0.2, 0) is 19.2 Å². The van der Waals surface area contributed by atoms with Gasteiger partial charge in [-0.15, -0.1) is 0 Å². The lowest BCUT2D eigenvalue weighted by Gasteiger charge is -2.22. The largest absolute Gasteiger partial charge is 0.471 e. The summed E-state index contributed by atoms with van der Waals surface area (Å²) in [5.41, 5.74) is 0. The Labute approximate surface area is 154 Å². The van der Waals surface area contributed by atoms with Crippen LogP contribution in [0.3, 0.4) is 0 Å². The lowest BCUT2D eigenvalue weighted by atomic mass is 10.0. The highest BCUT2D eigenvalue weighted by Crippen LogP contribution is 2.16. The van der Waals surface area contributed by atoms with Crippen molar-refractivity contribution < 1.29 is 32.3 Å². The summed E-state index contributed by atoms with van der Waals surface area (Å²) < 4.78 is 37.2. The van der Waals surface area contributed by atoms with Crippen molar-refractivity contribution in [3.05, 3.63) is 0 Å². The Morgan fingerprint density at radius 3 is 2.07 bits per heavy atom. The Bertz CT molecular complexity index is 601. The molecule has 4 amide bonds. The van der Waals surface area contributed by atoms with Crippen molar-refractivity contribution in [2.75, 3.05) is 13.1 Å². The van der Waals surface area contributed by atoms with Crippen molar-refractivity contribution >= 4 is 23.6 Å². The normalized spacial score (nSPS) is 13.1. The van der Waals surface area contributed by atoms with Crippen LogP contribution in [0.15, 0.2) is 0 Å². The van der Waals surface area contributed by atoms with E-state index in [2.05, 4.69) is 16.0 Å². The second-order valence-electron chi connectivity index (χ2n) is 6.04. The zero-order valence-corrected chi connectivity index (χ0v) is 15.1. The molecule has 0 aromatic heterocycles. The number of hydrogen-bond acceptors (Lipinski definition) is 5. The van der Waals surface area contributed by atoms with Crippen LogP contribution < -0.4 is 21.3 Å². The summed E-state index contributed by atoms with van der Waals surface area (Å²) in [6.45, 7) is 3.88. The number of alkyl halides is 3. The number of halogens is 3. The minimum Gasteiger partial charge on any atom is -0.345 e. The van der Waals surface area contributed by atoms with Gasteiger partial charge < -0.3 is 21.3 Å². The van der Waals surface area contributed by atoms with Crippen molar-refractivity contribution in [2.45, 2.75) is 45.5 Å². The Balaban J connectivity index is 4.76. The van der Waals surface area contributed by atoms with Gasteiger partial charge in [-0.2, -0.15) is 18.4 Å². The molecule has 2 atom stereocenters. The van der Waals surface area contributed by atoms with E-state index in [0.717, 1.165) is 0 Å². The predicted octanol–water partition coefficient (Wildman–Crippen LogP) is -0.660. The quantitative estimate of drug-likeness (QED) is 0.385. The van der Waals surface area contributed by atoms with E-state index < -0.39 is 48.4 Å². The fourth-order valence-electron chi connectivity index (χ4n) is 1.84. The van der Waals surface area contributed by atoms with Crippen LogP contribution in [0.4, 0.5) is 13.2 Å². The van der Waals surface area contributed by atoms with Crippen LogP contribution in [0.25, 0.3) is 0 Å². The molecule has 0 aromatic rings. The molecule has 0 aliphatic rings. The number of nitrogens with zero attached hydrogens (tertiary/aromatic N) is 1. The van der Waals surface area contributed by atoms with Crippen LogP contribution in [0.5, 0.6) is 0 Å². The molecule has 0 aliphatic heterocycles. The number of hydrogen-bond donors (Lipinski definition) is 4. The molecule has 0 aromatic carbocycles. The van der Waals surface area contributed by atoms with E-state index in [-0.39, 0.29) is 18.9 Å². The van der Waals surface area contributed by atoms with Gasteiger partial charge in [-0.25, -0.2) is 0 Å². The molecule has 152 valence electrons. The first-order valence-corrected chi connectivity index (χ1v) is 7.97. The Morgan fingerprint density at radius 1 is 1.00 bits per heavy atom. The van der Waals surface area contributed by atoms with E-state index in [4.69, 9.17) is 5.26 Å². The highest BCUT2D eigenvalue weighted by atomic mass is 19.4. The van der Waals surface area contributed by atoms with E-state index in [9.17, 15) is 32.3 Å². The maximum Gasteiger partial charge on any atom is 0.471 e. The molecule has 0 bridgehead atoms. The maximum atomic E-state index is 12.4. The molecule has 12 heteroatoms. The van der Waals surface area contributed by atoms with Crippen molar-refractivity contribution in [2.24, 2.45) is 5.92 Å². The highest BCUT2D eigenvalue weighted by Gasteiger charge is 2.41. The van der Waals surface area contributed by atoms with Gasteiger partial charge in [-0.05, 0) is 19.3 Å². The van der Waals surface area contributed by atoms with E-state index in [1.165, 1.54) is 6.92 Å². The number of amides is 4. The number of nitriles is 1. The van der Waals surface area contributed by atoms with Gasteiger partial charge in [0, 0.05) is 0 Å². The van der Waals surface area contributed by atoms with Crippen LogP contribution in [0.2, 0.25) is 0 Å². The first-order chi connectivity index (χ1) is 12.4. The predicted molar refractivity (Wildman–Crippen MR) is 86.7 cm³/mol. The van der Waals surface area contributed by atoms with Gasteiger partial charge >= 0.3 is 12.1 Å². The van der Waals surface area contributed by atoms with Crippen LogP contribution in [-0.4, -0.2) is 55.0 Å². The van der Waals surface area contributed by atoms with Gasteiger partial charge in [0.25, 0.3) is 0 Å². The van der Waals surface area contributed by atoms with Gasteiger partial charge in [0.15, 0.2) is 0 Å². The standard InChI is InChI=1S/C15H22F3N5O4/c1-8(2)6-10(23-14(27)15(16,17)18)13(26)22-9(3)12(25)21-7-11(24)20-5-4-19/h8-10H,5-7H2,1-3H3,(H,20,24)(H,21,25)(H,22,26)(H,23,27)/t9-,10-/m0/s1. The summed E-state index contributed by atoms with van der Waals surface area (Å²) in [5.74, 6) is -4.81. The van der Waals surface area contributed by atoms with E-state index in [1.807, 2.05) is 0 Å². The lowest BCUT2D eigenvalue weighted by molar-refractivity contribution is -0.174. The Kier molecular flexibility index (Phi) is 9.84. The zero-order valence-electron chi connectivity index (χ0n) is 15.1. The number of rotatable bonds is 9. The third-order valence-electron chi connectivity index (χ3n) is 3.13. The summed E-state index contributed by atoms with van der Waals surface area (Å²) >= 11 is 0. The second-order valence-corrected chi connectivity index (χ2v) is 6.04. The average molecular weight is 393 g/mol. The summed E-state index contributed by atoms with van der Waals surface area (Å²) in [6.07, 6.45) is -5.21. The molecular formula is C15H22F3N5O4. The molecule has 0 fully saturated rings. The molecule has 0 heterocycles. The molecule has 0 saturated heterocycles. The van der Waals surface area contributed by atoms with Gasteiger partial charge in [0.05, 0.1) is 12.6 Å². The highest BCUT2D eigenvalue weighted by molar-refractivity contribution is 5.93. The van der Waals surface area contributed by atoms with Gasteiger partial charge in [-0.1, -0.05) is 13.8 Å². The maximum absolute atomic E-state index is 12.4. The number of carbonyl (C=O) groups is 4. The first-order valence-electron chi connectivity index (χ1n) is 7.97. The summed E-state index contributed by atoms with van der Waals surface area (Å²) in [7, 11) is 0. The zero-order chi connectivity index (χ0) is 21.2. The number of nitrogens with one attached hydrogen (secondary N) is 4. The second kappa shape index (κ2) is 11.0. The molecular weight excluding hydrogens is 371 g/mol. The van der Waals surface area contributed by atoms with E-state index >= 15 is 0 Å².